The summed E-state index contributed by atoms with van der Waals surface area (Å²) >= 11 is 0. The lowest BCUT2D eigenvalue weighted by atomic mass is 9.97. The number of nitrogens with zero attached hydrogens (tertiary/aromatic N) is 1. The van der Waals surface area contributed by atoms with Crippen molar-refractivity contribution in [3.8, 4) is 0 Å². The van der Waals surface area contributed by atoms with Crippen LogP contribution in [0, 0.1) is 6.92 Å². The van der Waals surface area contributed by atoms with E-state index in [2.05, 4.69) is 4.90 Å². The summed E-state index contributed by atoms with van der Waals surface area (Å²) in [5, 5.41) is 9.86. The molecule has 3 atom stereocenters. The van der Waals surface area contributed by atoms with Crippen LogP contribution >= 0.6 is 0 Å². The largest absolute Gasteiger partial charge is 0.465 e. The third kappa shape index (κ3) is 1.98. The molecule has 2 aliphatic rings. The summed E-state index contributed by atoms with van der Waals surface area (Å²) in [5.74, 6) is 1.91. The van der Waals surface area contributed by atoms with Crippen molar-refractivity contribution in [2.24, 2.45) is 5.73 Å². The van der Waals surface area contributed by atoms with E-state index in [1.165, 1.54) is 12.8 Å². The van der Waals surface area contributed by atoms with Crippen LogP contribution in [0.15, 0.2) is 16.5 Å². The highest BCUT2D eigenvalue weighted by molar-refractivity contribution is 5.13. The van der Waals surface area contributed by atoms with Crippen molar-refractivity contribution in [2.75, 3.05) is 6.54 Å². The van der Waals surface area contributed by atoms with E-state index in [0.717, 1.165) is 24.4 Å². The molecule has 4 heteroatoms. The number of hydrogen-bond donors (Lipinski definition) is 2. The molecule has 3 heterocycles. The molecule has 1 aromatic heterocycles. The fourth-order valence-electron chi connectivity index (χ4n) is 3.71. The van der Waals surface area contributed by atoms with Gasteiger partial charge < -0.3 is 15.3 Å². The molecule has 100 valence electrons. The molecule has 18 heavy (non-hydrogen) atoms. The monoisotopic (exact) mass is 250 g/mol. The maximum absolute atomic E-state index is 9.86. The van der Waals surface area contributed by atoms with Crippen molar-refractivity contribution in [2.45, 2.75) is 56.8 Å². The zero-order valence-electron chi connectivity index (χ0n) is 10.9. The van der Waals surface area contributed by atoms with E-state index in [-0.39, 0.29) is 12.1 Å². The minimum atomic E-state index is -0.129. The second-order valence-electron chi connectivity index (χ2n) is 5.66. The van der Waals surface area contributed by atoms with E-state index in [0.29, 0.717) is 18.6 Å². The summed E-state index contributed by atoms with van der Waals surface area (Å²) in [6.45, 7) is 2.54. The Morgan fingerprint density at radius 1 is 1.39 bits per heavy atom. The molecule has 2 aliphatic heterocycles. The molecule has 0 amide bonds. The number of rotatable bonds is 3. The van der Waals surface area contributed by atoms with Crippen molar-refractivity contribution < 1.29 is 9.52 Å². The van der Waals surface area contributed by atoms with E-state index in [1.54, 1.807) is 0 Å². The Bertz CT molecular complexity index is 404. The van der Waals surface area contributed by atoms with Crippen molar-refractivity contribution in [1.82, 2.24) is 4.90 Å². The summed E-state index contributed by atoms with van der Waals surface area (Å²) in [5.41, 5.74) is 5.97. The number of aliphatic hydroxyl groups excluding tert-OH is 1. The van der Waals surface area contributed by atoms with Gasteiger partial charge in [-0.05, 0) is 44.7 Å². The second kappa shape index (κ2) is 4.68. The quantitative estimate of drug-likeness (QED) is 0.855. The smallest absolute Gasteiger partial charge is 0.122 e. The van der Waals surface area contributed by atoms with Gasteiger partial charge in [-0.1, -0.05) is 0 Å². The highest BCUT2D eigenvalue weighted by atomic mass is 16.3. The van der Waals surface area contributed by atoms with Gasteiger partial charge in [-0.3, -0.25) is 4.90 Å². The normalized spacial score (nSPS) is 33.8. The van der Waals surface area contributed by atoms with Gasteiger partial charge in [-0.15, -0.1) is 0 Å². The highest BCUT2D eigenvalue weighted by Crippen LogP contribution is 2.41. The molecular weight excluding hydrogens is 228 g/mol. The number of fused-ring (bicyclic) bond motifs is 2. The third-order valence-electron chi connectivity index (χ3n) is 4.44. The van der Waals surface area contributed by atoms with Gasteiger partial charge in [0, 0.05) is 18.6 Å². The summed E-state index contributed by atoms with van der Waals surface area (Å²) in [6, 6.07) is 5.15. The molecule has 0 aromatic carbocycles. The van der Waals surface area contributed by atoms with Crippen LogP contribution in [-0.4, -0.2) is 34.7 Å². The number of aliphatic hydroxyl groups is 1. The molecule has 2 saturated heterocycles. The molecule has 0 aliphatic carbocycles. The first-order chi connectivity index (χ1) is 8.69. The molecular formula is C14H22N2O2. The van der Waals surface area contributed by atoms with Crippen molar-refractivity contribution >= 4 is 0 Å². The van der Waals surface area contributed by atoms with Gasteiger partial charge in [0.05, 0.1) is 12.1 Å². The first-order valence-corrected chi connectivity index (χ1v) is 6.91. The fraction of sp³-hybridized carbons (Fsp3) is 0.714. The Morgan fingerprint density at radius 3 is 2.56 bits per heavy atom. The van der Waals surface area contributed by atoms with Crippen LogP contribution in [0.4, 0.5) is 0 Å². The number of hydrogen-bond acceptors (Lipinski definition) is 4. The van der Waals surface area contributed by atoms with Gasteiger partial charge in [0.2, 0.25) is 0 Å². The minimum Gasteiger partial charge on any atom is -0.465 e. The number of nitrogens with two attached hydrogens (primary N) is 1. The van der Waals surface area contributed by atoms with Crippen LogP contribution in [-0.2, 0) is 0 Å². The first kappa shape index (κ1) is 12.2. The SMILES string of the molecule is Cc1ccc(C(CN)N2C3CCC2CC(O)C3)o1. The number of furan rings is 1. The van der Waals surface area contributed by atoms with Gasteiger partial charge in [0.1, 0.15) is 11.5 Å². The molecule has 3 rings (SSSR count). The summed E-state index contributed by atoms with van der Waals surface area (Å²) < 4.78 is 5.76. The van der Waals surface area contributed by atoms with Crippen LogP contribution in [0.1, 0.15) is 43.2 Å². The lowest BCUT2D eigenvalue weighted by molar-refractivity contribution is 0.00623. The Morgan fingerprint density at radius 2 is 2.06 bits per heavy atom. The summed E-state index contributed by atoms with van der Waals surface area (Å²) in [7, 11) is 0. The molecule has 3 unspecified atom stereocenters. The molecule has 2 fully saturated rings. The topological polar surface area (TPSA) is 62.6 Å². The van der Waals surface area contributed by atoms with E-state index in [4.69, 9.17) is 10.2 Å². The summed E-state index contributed by atoms with van der Waals surface area (Å²) in [6.07, 6.45) is 3.99. The predicted octanol–water partition coefficient (Wildman–Crippen LogP) is 1.58. The van der Waals surface area contributed by atoms with Gasteiger partial charge in [0.25, 0.3) is 0 Å². The second-order valence-corrected chi connectivity index (χ2v) is 5.66. The van der Waals surface area contributed by atoms with Crippen LogP contribution in [0.2, 0.25) is 0 Å². The predicted molar refractivity (Wildman–Crippen MR) is 69.1 cm³/mol. The highest BCUT2D eigenvalue weighted by Gasteiger charge is 2.44. The Labute approximate surface area is 108 Å². The van der Waals surface area contributed by atoms with Gasteiger partial charge in [0.15, 0.2) is 0 Å². The molecule has 2 bridgehead atoms. The van der Waals surface area contributed by atoms with E-state index < -0.39 is 0 Å². The van der Waals surface area contributed by atoms with Gasteiger partial charge >= 0.3 is 0 Å². The van der Waals surface area contributed by atoms with Gasteiger partial charge in [-0.25, -0.2) is 0 Å². The Kier molecular flexibility index (Phi) is 3.18. The van der Waals surface area contributed by atoms with Gasteiger partial charge in [-0.2, -0.15) is 0 Å². The number of piperidine rings is 1. The molecule has 3 N–H and O–H groups in total. The van der Waals surface area contributed by atoms with E-state index in [9.17, 15) is 5.11 Å². The standard InChI is InChI=1S/C14H22N2O2/c1-9-2-5-14(18-9)13(8-15)16-10-3-4-11(16)7-12(17)6-10/h2,5,10-13,17H,3-4,6-8,15H2,1H3. The average Bonchev–Trinajstić information content (AvgIpc) is 2.85. The van der Waals surface area contributed by atoms with Crippen LogP contribution < -0.4 is 5.73 Å². The first-order valence-electron chi connectivity index (χ1n) is 6.91. The fourth-order valence-corrected chi connectivity index (χ4v) is 3.71. The van der Waals surface area contributed by atoms with Crippen molar-refractivity contribution in [3.05, 3.63) is 23.7 Å². The Hall–Kier alpha value is -0.840. The van der Waals surface area contributed by atoms with E-state index in [1.807, 2.05) is 19.1 Å². The zero-order chi connectivity index (χ0) is 12.7. The van der Waals surface area contributed by atoms with Crippen molar-refractivity contribution in [1.29, 1.82) is 0 Å². The zero-order valence-corrected chi connectivity index (χ0v) is 10.9. The molecule has 0 spiro atoms. The van der Waals surface area contributed by atoms with Crippen LogP contribution in [0.25, 0.3) is 0 Å². The maximum Gasteiger partial charge on any atom is 0.122 e. The molecule has 0 saturated carbocycles. The van der Waals surface area contributed by atoms with Crippen LogP contribution in [0.3, 0.4) is 0 Å². The maximum atomic E-state index is 9.86. The molecule has 4 nitrogen and oxygen atoms in total. The lowest BCUT2D eigenvalue weighted by Crippen LogP contribution is -2.48. The number of aryl methyl sites for hydroxylation is 1. The van der Waals surface area contributed by atoms with E-state index >= 15 is 0 Å². The summed E-state index contributed by atoms with van der Waals surface area (Å²) in [4.78, 5) is 2.49. The van der Waals surface area contributed by atoms with Crippen molar-refractivity contribution in [3.63, 3.8) is 0 Å². The molecule has 1 aromatic rings. The minimum absolute atomic E-state index is 0.129. The third-order valence-corrected chi connectivity index (χ3v) is 4.44. The Balaban J connectivity index is 1.84. The lowest BCUT2D eigenvalue weighted by Gasteiger charge is -2.41. The molecule has 0 radical (unpaired) electrons. The van der Waals surface area contributed by atoms with Crippen LogP contribution in [0.5, 0.6) is 0 Å². The average molecular weight is 250 g/mol.